The van der Waals surface area contributed by atoms with Gasteiger partial charge in [0.25, 0.3) is 0 Å². The third kappa shape index (κ3) is 29.8. The van der Waals surface area contributed by atoms with Gasteiger partial charge < -0.3 is 5.11 Å². The standard InChI is InChI=1S/C16H34O.C2H6O4S/c1-2-3-4-5-6-7-8-9-10-11-12-13-14-15-16-17;1-2-6-7(3,4)5/h17H,2-16H2,1H3;2H2,1H3,(H,3,4,5). The van der Waals surface area contributed by atoms with Crippen molar-refractivity contribution in [2.75, 3.05) is 13.2 Å². The van der Waals surface area contributed by atoms with Gasteiger partial charge in [0.1, 0.15) is 0 Å². The number of aliphatic hydroxyl groups excluding tert-OH is 1. The minimum Gasteiger partial charge on any atom is -0.396 e. The van der Waals surface area contributed by atoms with Gasteiger partial charge in [-0.3, -0.25) is 4.55 Å². The quantitative estimate of drug-likeness (QED) is 0.286. The first-order valence-corrected chi connectivity index (χ1v) is 11.1. The molecule has 0 saturated heterocycles. The Bertz CT molecular complexity index is 303. The zero-order valence-corrected chi connectivity index (χ0v) is 16.7. The number of rotatable bonds is 16. The summed E-state index contributed by atoms with van der Waals surface area (Å²) in [5, 5.41) is 8.64. The number of unbranched alkanes of at least 4 members (excludes halogenated alkanes) is 13. The second-order valence-electron chi connectivity index (χ2n) is 6.15. The predicted octanol–water partition coefficient (Wildman–Crippen LogP) is 5.29. The normalized spacial score (nSPS) is 11.2. The average molecular weight is 369 g/mol. The molecule has 0 aliphatic carbocycles. The molecule has 0 rings (SSSR count). The molecule has 148 valence electrons. The Balaban J connectivity index is 0. The van der Waals surface area contributed by atoms with E-state index in [1.165, 1.54) is 90.4 Å². The van der Waals surface area contributed by atoms with Crippen LogP contribution in [-0.2, 0) is 14.6 Å². The fourth-order valence-corrected chi connectivity index (χ4v) is 2.75. The molecule has 0 aliphatic rings. The van der Waals surface area contributed by atoms with Crippen LogP contribution in [0.3, 0.4) is 0 Å². The Kier molecular flexibility index (Phi) is 22.7. The predicted molar refractivity (Wildman–Crippen MR) is 101 cm³/mol. The Labute approximate surface area is 150 Å². The average Bonchev–Trinajstić information content (AvgIpc) is 2.51. The van der Waals surface area contributed by atoms with Gasteiger partial charge in [-0.1, -0.05) is 90.4 Å². The van der Waals surface area contributed by atoms with Crippen molar-refractivity contribution in [2.24, 2.45) is 0 Å². The van der Waals surface area contributed by atoms with Crippen molar-refractivity contribution in [2.45, 2.75) is 104 Å². The molecule has 0 bridgehead atoms. The van der Waals surface area contributed by atoms with Crippen molar-refractivity contribution in [3.63, 3.8) is 0 Å². The second-order valence-corrected chi connectivity index (χ2v) is 7.25. The van der Waals surface area contributed by atoms with Crippen LogP contribution in [0.25, 0.3) is 0 Å². The van der Waals surface area contributed by atoms with Crippen molar-refractivity contribution in [1.29, 1.82) is 0 Å². The summed E-state index contributed by atoms with van der Waals surface area (Å²) in [6.07, 6.45) is 19.2. The Morgan fingerprint density at radius 3 is 1.21 bits per heavy atom. The monoisotopic (exact) mass is 368 g/mol. The highest BCUT2D eigenvalue weighted by molar-refractivity contribution is 7.80. The van der Waals surface area contributed by atoms with Gasteiger partial charge in [-0.25, -0.2) is 4.18 Å². The van der Waals surface area contributed by atoms with E-state index in [0.717, 1.165) is 6.42 Å². The summed E-state index contributed by atoms with van der Waals surface area (Å²) >= 11 is 0. The summed E-state index contributed by atoms with van der Waals surface area (Å²) in [5.74, 6) is 0. The molecule has 0 aromatic carbocycles. The first-order chi connectivity index (χ1) is 11.5. The SMILES string of the molecule is CCCCCCCCCCCCCCCCO.CCOS(=O)(=O)O. The van der Waals surface area contributed by atoms with Gasteiger partial charge in [-0.05, 0) is 13.3 Å². The van der Waals surface area contributed by atoms with E-state index in [1.807, 2.05) is 0 Å². The van der Waals surface area contributed by atoms with Crippen LogP contribution in [0, 0.1) is 0 Å². The lowest BCUT2D eigenvalue weighted by molar-refractivity contribution is 0.282. The largest absolute Gasteiger partial charge is 0.397 e. The summed E-state index contributed by atoms with van der Waals surface area (Å²) in [6.45, 7) is 4.09. The maximum atomic E-state index is 9.56. The third-order valence-corrected chi connectivity index (χ3v) is 4.31. The minimum absolute atomic E-state index is 0.0289. The highest BCUT2D eigenvalue weighted by Gasteiger charge is 1.98. The molecule has 0 spiro atoms. The molecule has 0 saturated carbocycles. The molecule has 0 atom stereocenters. The van der Waals surface area contributed by atoms with Crippen LogP contribution in [0.2, 0.25) is 0 Å². The lowest BCUT2D eigenvalue weighted by Crippen LogP contribution is -2.01. The summed E-state index contributed by atoms with van der Waals surface area (Å²) in [4.78, 5) is 0. The number of hydrogen-bond donors (Lipinski definition) is 2. The van der Waals surface area contributed by atoms with Gasteiger partial charge in [0.15, 0.2) is 0 Å². The molecule has 6 heteroatoms. The number of hydrogen-bond acceptors (Lipinski definition) is 4. The molecule has 24 heavy (non-hydrogen) atoms. The van der Waals surface area contributed by atoms with E-state index >= 15 is 0 Å². The van der Waals surface area contributed by atoms with E-state index in [1.54, 1.807) is 0 Å². The van der Waals surface area contributed by atoms with Crippen LogP contribution in [0.5, 0.6) is 0 Å². The van der Waals surface area contributed by atoms with Crippen LogP contribution in [0.1, 0.15) is 104 Å². The summed E-state index contributed by atoms with van der Waals surface area (Å²) in [7, 11) is -4.17. The van der Waals surface area contributed by atoms with E-state index in [4.69, 9.17) is 9.66 Å². The van der Waals surface area contributed by atoms with Crippen molar-refractivity contribution < 1.29 is 22.3 Å². The molecule has 0 aliphatic heterocycles. The molecule has 0 unspecified atom stereocenters. The van der Waals surface area contributed by atoms with E-state index in [2.05, 4.69) is 11.1 Å². The van der Waals surface area contributed by atoms with E-state index < -0.39 is 10.4 Å². The molecule has 2 N–H and O–H groups in total. The second kappa shape index (κ2) is 20.9. The summed E-state index contributed by atoms with van der Waals surface area (Å²) in [5.41, 5.74) is 0. The fraction of sp³-hybridized carbons (Fsp3) is 1.00. The molecule has 0 aromatic rings. The highest BCUT2D eigenvalue weighted by atomic mass is 32.3. The maximum Gasteiger partial charge on any atom is 0.397 e. The molecule has 0 amide bonds. The molecule has 0 radical (unpaired) electrons. The van der Waals surface area contributed by atoms with E-state index in [9.17, 15) is 8.42 Å². The van der Waals surface area contributed by atoms with Crippen molar-refractivity contribution in [3.8, 4) is 0 Å². The molecule has 0 heterocycles. The summed E-state index contributed by atoms with van der Waals surface area (Å²) in [6, 6.07) is 0. The van der Waals surface area contributed by atoms with Crippen molar-refractivity contribution in [1.82, 2.24) is 0 Å². The Morgan fingerprint density at radius 1 is 0.667 bits per heavy atom. The highest BCUT2D eigenvalue weighted by Crippen LogP contribution is 2.12. The van der Waals surface area contributed by atoms with Crippen LogP contribution in [0.15, 0.2) is 0 Å². The molecular formula is C18H40O5S. The third-order valence-electron chi connectivity index (χ3n) is 3.78. The molecular weight excluding hydrogens is 328 g/mol. The van der Waals surface area contributed by atoms with Gasteiger partial charge >= 0.3 is 10.4 Å². The van der Waals surface area contributed by atoms with Crippen molar-refractivity contribution >= 4 is 10.4 Å². The topological polar surface area (TPSA) is 83.8 Å². The Morgan fingerprint density at radius 2 is 1.00 bits per heavy atom. The first-order valence-electron chi connectivity index (χ1n) is 9.70. The first kappa shape index (κ1) is 26.1. The van der Waals surface area contributed by atoms with Gasteiger partial charge in [-0.2, -0.15) is 8.42 Å². The summed E-state index contributed by atoms with van der Waals surface area (Å²) < 4.78 is 30.7. The van der Waals surface area contributed by atoms with Crippen LogP contribution < -0.4 is 0 Å². The lowest BCUT2D eigenvalue weighted by atomic mass is 10.0. The van der Waals surface area contributed by atoms with E-state index in [-0.39, 0.29) is 6.61 Å². The van der Waals surface area contributed by atoms with Gasteiger partial charge in [0.05, 0.1) is 6.61 Å². The van der Waals surface area contributed by atoms with Crippen molar-refractivity contribution in [3.05, 3.63) is 0 Å². The molecule has 0 fully saturated rings. The van der Waals surface area contributed by atoms with Gasteiger partial charge in [-0.15, -0.1) is 0 Å². The smallest absolute Gasteiger partial charge is 0.396 e. The number of aliphatic hydroxyl groups is 1. The van der Waals surface area contributed by atoms with Gasteiger partial charge in [0.2, 0.25) is 0 Å². The minimum atomic E-state index is -4.17. The van der Waals surface area contributed by atoms with E-state index in [0.29, 0.717) is 6.61 Å². The zero-order chi connectivity index (χ0) is 18.5. The van der Waals surface area contributed by atoms with Gasteiger partial charge in [0, 0.05) is 6.61 Å². The zero-order valence-electron chi connectivity index (χ0n) is 15.8. The maximum absolute atomic E-state index is 9.56. The van der Waals surface area contributed by atoms with Crippen LogP contribution in [-0.4, -0.2) is 31.3 Å². The van der Waals surface area contributed by atoms with Crippen LogP contribution >= 0.6 is 0 Å². The fourth-order valence-electron chi connectivity index (χ4n) is 2.46. The van der Waals surface area contributed by atoms with Crippen LogP contribution in [0.4, 0.5) is 0 Å². The molecule has 0 aromatic heterocycles. The molecule has 5 nitrogen and oxygen atoms in total. The Hall–Kier alpha value is -0.170. The lowest BCUT2D eigenvalue weighted by Gasteiger charge is -2.02.